The summed E-state index contributed by atoms with van der Waals surface area (Å²) >= 11 is 0. The van der Waals surface area contributed by atoms with Gasteiger partial charge in [0.2, 0.25) is 0 Å². The number of rotatable bonds is 8. The fourth-order valence-electron chi connectivity index (χ4n) is 4.85. The Morgan fingerprint density at radius 3 is 2.35 bits per heavy atom. The van der Waals surface area contributed by atoms with Crippen LogP contribution in [0.15, 0.2) is 78.9 Å². The van der Waals surface area contributed by atoms with Gasteiger partial charge in [-0.25, -0.2) is 4.39 Å². The zero-order chi connectivity index (χ0) is 24.0. The number of hydrogen-bond donors (Lipinski definition) is 0. The standard InChI is InChI=1S/C29H33FN2O2/c1-29(28(33)34-2,24-11-4-3-5-12-24)16-9-17-31-18-20-32(21-19-31)25-13-8-10-23(22-25)26-14-6-7-15-27(26)30/h3-8,10-15,22H,9,16-21H2,1-2H3. The third-order valence-electron chi connectivity index (χ3n) is 6.97. The summed E-state index contributed by atoms with van der Waals surface area (Å²) in [5, 5.41) is 0. The zero-order valence-electron chi connectivity index (χ0n) is 20.0. The highest BCUT2D eigenvalue weighted by Gasteiger charge is 2.36. The molecule has 1 fully saturated rings. The number of nitrogens with zero attached hydrogens (tertiary/aromatic N) is 2. The van der Waals surface area contributed by atoms with Crippen LogP contribution in [0.4, 0.5) is 10.1 Å². The number of piperazine rings is 1. The van der Waals surface area contributed by atoms with E-state index in [0.717, 1.165) is 62.4 Å². The van der Waals surface area contributed by atoms with Gasteiger partial charge in [0.1, 0.15) is 5.82 Å². The molecule has 3 aromatic carbocycles. The lowest BCUT2D eigenvalue weighted by Crippen LogP contribution is -2.47. The van der Waals surface area contributed by atoms with Crippen LogP contribution in [0.25, 0.3) is 11.1 Å². The van der Waals surface area contributed by atoms with Gasteiger partial charge in [-0.1, -0.05) is 60.7 Å². The number of ether oxygens (including phenoxy) is 1. The van der Waals surface area contributed by atoms with Crippen LogP contribution in [-0.4, -0.2) is 50.7 Å². The van der Waals surface area contributed by atoms with Gasteiger partial charge in [-0.2, -0.15) is 0 Å². The third-order valence-corrected chi connectivity index (χ3v) is 6.97. The lowest BCUT2D eigenvalue weighted by Gasteiger charge is -2.37. The van der Waals surface area contributed by atoms with Crippen LogP contribution in [0.5, 0.6) is 0 Å². The molecule has 4 rings (SSSR count). The van der Waals surface area contributed by atoms with Gasteiger partial charge in [0.05, 0.1) is 12.5 Å². The largest absolute Gasteiger partial charge is 0.468 e. The molecule has 1 atom stereocenters. The van der Waals surface area contributed by atoms with E-state index in [1.165, 1.54) is 13.2 Å². The van der Waals surface area contributed by atoms with Crippen LogP contribution >= 0.6 is 0 Å². The molecule has 1 saturated heterocycles. The molecule has 0 aromatic heterocycles. The summed E-state index contributed by atoms with van der Waals surface area (Å²) < 4.78 is 19.4. The fourth-order valence-corrected chi connectivity index (χ4v) is 4.85. The summed E-state index contributed by atoms with van der Waals surface area (Å²) in [6.45, 7) is 6.70. The summed E-state index contributed by atoms with van der Waals surface area (Å²) in [5.41, 5.74) is 3.03. The van der Waals surface area contributed by atoms with E-state index in [1.807, 2.05) is 61.5 Å². The molecule has 4 nitrogen and oxygen atoms in total. The molecule has 3 aromatic rings. The number of benzene rings is 3. The minimum Gasteiger partial charge on any atom is -0.468 e. The Morgan fingerprint density at radius 1 is 0.941 bits per heavy atom. The van der Waals surface area contributed by atoms with Gasteiger partial charge in [-0.15, -0.1) is 0 Å². The number of methoxy groups -OCH3 is 1. The molecule has 0 saturated carbocycles. The van der Waals surface area contributed by atoms with Crippen molar-refractivity contribution >= 4 is 11.7 Å². The van der Waals surface area contributed by atoms with Crippen molar-refractivity contribution in [3.63, 3.8) is 0 Å². The van der Waals surface area contributed by atoms with Crippen molar-refractivity contribution in [2.24, 2.45) is 0 Å². The lowest BCUT2D eigenvalue weighted by molar-refractivity contribution is -0.147. The first-order chi connectivity index (χ1) is 16.5. The molecule has 0 bridgehead atoms. The maximum absolute atomic E-state index is 14.2. The van der Waals surface area contributed by atoms with E-state index in [2.05, 4.69) is 21.9 Å². The molecule has 0 aliphatic carbocycles. The number of hydrogen-bond acceptors (Lipinski definition) is 4. The van der Waals surface area contributed by atoms with Gasteiger partial charge in [-0.3, -0.25) is 9.69 Å². The summed E-state index contributed by atoms with van der Waals surface area (Å²) in [4.78, 5) is 17.4. The molecule has 1 unspecified atom stereocenters. The first-order valence-corrected chi connectivity index (χ1v) is 12.0. The molecular formula is C29H33FN2O2. The summed E-state index contributed by atoms with van der Waals surface area (Å²) in [5.74, 6) is -0.378. The van der Waals surface area contributed by atoms with Crippen molar-refractivity contribution in [2.45, 2.75) is 25.2 Å². The summed E-state index contributed by atoms with van der Waals surface area (Å²) in [6.07, 6.45) is 1.66. The quantitative estimate of drug-likeness (QED) is 0.414. The van der Waals surface area contributed by atoms with Gasteiger partial charge in [0.15, 0.2) is 0 Å². The van der Waals surface area contributed by atoms with Crippen LogP contribution in [0.3, 0.4) is 0 Å². The van der Waals surface area contributed by atoms with Gasteiger partial charge in [0.25, 0.3) is 0 Å². The molecule has 0 radical (unpaired) electrons. The van der Waals surface area contributed by atoms with Crippen LogP contribution in [-0.2, 0) is 14.9 Å². The predicted molar refractivity (Wildman–Crippen MR) is 136 cm³/mol. The Labute approximate surface area is 202 Å². The highest BCUT2D eigenvalue weighted by Crippen LogP contribution is 2.31. The van der Waals surface area contributed by atoms with Gasteiger partial charge in [0, 0.05) is 37.4 Å². The zero-order valence-corrected chi connectivity index (χ0v) is 20.0. The summed E-state index contributed by atoms with van der Waals surface area (Å²) in [7, 11) is 1.46. The molecule has 1 heterocycles. The maximum atomic E-state index is 14.2. The van der Waals surface area contributed by atoms with Crippen molar-refractivity contribution in [1.29, 1.82) is 0 Å². The Kier molecular flexibility index (Phi) is 7.63. The Hall–Kier alpha value is -3.18. The van der Waals surface area contributed by atoms with E-state index >= 15 is 0 Å². The minimum atomic E-state index is -0.634. The minimum absolute atomic E-state index is 0.182. The normalized spacial score (nSPS) is 16.1. The predicted octanol–water partition coefficient (Wildman–Crippen LogP) is 5.53. The van der Waals surface area contributed by atoms with Crippen molar-refractivity contribution in [3.05, 3.63) is 90.2 Å². The van der Waals surface area contributed by atoms with Crippen molar-refractivity contribution in [1.82, 2.24) is 4.90 Å². The smallest absolute Gasteiger partial charge is 0.315 e. The van der Waals surface area contributed by atoms with Crippen molar-refractivity contribution < 1.29 is 13.9 Å². The third kappa shape index (κ3) is 5.31. The van der Waals surface area contributed by atoms with Gasteiger partial charge >= 0.3 is 5.97 Å². The van der Waals surface area contributed by atoms with Gasteiger partial charge < -0.3 is 9.64 Å². The Bertz CT molecular complexity index is 1100. The first kappa shape index (κ1) is 24.0. The average Bonchev–Trinajstić information content (AvgIpc) is 2.89. The lowest BCUT2D eigenvalue weighted by atomic mass is 9.78. The van der Waals surface area contributed by atoms with Crippen molar-refractivity contribution in [2.75, 3.05) is 44.7 Å². The number of esters is 1. The number of anilines is 1. The topological polar surface area (TPSA) is 32.8 Å². The van der Waals surface area contributed by atoms with Gasteiger partial charge in [-0.05, 0) is 55.6 Å². The van der Waals surface area contributed by atoms with Crippen LogP contribution in [0, 0.1) is 5.82 Å². The molecule has 1 aliphatic heterocycles. The number of carbonyl (C=O) groups is 1. The molecule has 34 heavy (non-hydrogen) atoms. The second-order valence-electron chi connectivity index (χ2n) is 9.15. The fraction of sp³-hybridized carbons (Fsp3) is 0.345. The summed E-state index contributed by atoms with van der Waals surface area (Å²) in [6, 6.07) is 25.0. The number of halogens is 1. The molecule has 0 spiro atoms. The second kappa shape index (κ2) is 10.8. The monoisotopic (exact) mass is 460 g/mol. The highest BCUT2D eigenvalue weighted by molar-refractivity contribution is 5.82. The van der Waals surface area contributed by atoms with E-state index in [1.54, 1.807) is 6.07 Å². The maximum Gasteiger partial charge on any atom is 0.315 e. The first-order valence-electron chi connectivity index (χ1n) is 12.0. The molecule has 1 aliphatic rings. The molecular weight excluding hydrogens is 427 g/mol. The SMILES string of the molecule is COC(=O)C(C)(CCCN1CCN(c2cccc(-c3ccccc3F)c2)CC1)c1ccccc1. The van der Waals surface area contributed by atoms with E-state index < -0.39 is 5.41 Å². The van der Waals surface area contributed by atoms with Crippen LogP contribution < -0.4 is 4.90 Å². The van der Waals surface area contributed by atoms with Crippen LogP contribution in [0.1, 0.15) is 25.3 Å². The molecule has 5 heteroatoms. The second-order valence-corrected chi connectivity index (χ2v) is 9.15. The molecule has 0 N–H and O–H groups in total. The Balaban J connectivity index is 1.33. The highest BCUT2D eigenvalue weighted by atomic mass is 19.1. The molecule has 0 amide bonds. The Morgan fingerprint density at radius 2 is 1.65 bits per heavy atom. The number of carbonyl (C=O) groups excluding carboxylic acids is 1. The van der Waals surface area contributed by atoms with E-state index in [4.69, 9.17) is 4.74 Å². The van der Waals surface area contributed by atoms with Crippen molar-refractivity contribution in [3.8, 4) is 11.1 Å². The average molecular weight is 461 g/mol. The molecule has 178 valence electrons. The van der Waals surface area contributed by atoms with Crippen LogP contribution in [0.2, 0.25) is 0 Å². The van der Waals surface area contributed by atoms with E-state index in [0.29, 0.717) is 5.56 Å². The van der Waals surface area contributed by atoms with E-state index in [-0.39, 0.29) is 11.8 Å². The van der Waals surface area contributed by atoms with E-state index in [9.17, 15) is 9.18 Å².